The molecule has 0 fully saturated rings. The first-order valence-corrected chi connectivity index (χ1v) is 6.67. The van der Waals surface area contributed by atoms with E-state index in [0.717, 1.165) is 0 Å². The molecule has 0 spiro atoms. The SMILES string of the molecule is CC(=O)CC(=O)O.CC(=O)CC(=O)O.CC(O)CCC(C)O. The Labute approximate surface area is 129 Å². The van der Waals surface area contributed by atoms with Gasteiger partial charge in [-0.25, -0.2) is 0 Å². The second-order valence-electron chi connectivity index (χ2n) is 4.82. The zero-order chi connectivity index (χ0) is 18.3. The second-order valence-corrected chi connectivity index (χ2v) is 4.82. The van der Waals surface area contributed by atoms with Crippen LogP contribution in [-0.4, -0.2) is 56.1 Å². The lowest BCUT2D eigenvalue weighted by atomic mass is 10.1. The number of rotatable bonds is 7. The minimum Gasteiger partial charge on any atom is -0.481 e. The van der Waals surface area contributed by atoms with E-state index >= 15 is 0 Å². The van der Waals surface area contributed by atoms with E-state index < -0.39 is 11.9 Å². The van der Waals surface area contributed by atoms with Gasteiger partial charge in [-0.3, -0.25) is 19.2 Å². The van der Waals surface area contributed by atoms with Gasteiger partial charge in [0, 0.05) is 0 Å². The molecule has 0 heterocycles. The van der Waals surface area contributed by atoms with Crippen LogP contribution in [0.5, 0.6) is 0 Å². The number of ketones is 2. The molecular formula is C14H26O8. The molecule has 2 atom stereocenters. The van der Waals surface area contributed by atoms with E-state index in [1.54, 1.807) is 13.8 Å². The van der Waals surface area contributed by atoms with Gasteiger partial charge < -0.3 is 20.4 Å². The molecule has 0 rings (SSSR count). The number of aliphatic hydroxyl groups is 2. The Morgan fingerprint density at radius 1 is 0.727 bits per heavy atom. The van der Waals surface area contributed by atoms with Crippen molar-refractivity contribution in [3.05, 3.63) is 0 Å². The van der Waals surface area contributed by atoms with E-state index in [0.29, 0.717) is 12.8 Å². The van der Waals surface area contributed by atoms with Crippen molar-refractivity contribution in [3.63, 3.8) is 0 Å². The van der Waals surface area contributed by atoms with E-state index in [1.165, 1.54) is 13.8 Å². The van der Waals surface area contributed by atoms with E-state index in [2.05, 4.69) is 0 Å². The van der Waals surface area contributed by atoms with E-state index in [4.69, 9.17) is 20.4 Å². The third kappa shape index (κ3) is 42.9. The van der Waals surface area contributed by atoms with Crippen molar-refractivity contribution in [2.45, 2.75) is 65.6 Å². The smallest absolute Gasteiger partial charge is 0.310 e. The number of carbonyl (C=O) groups is 4. The van der Waals surface area contributed by atoms with Crippen LogP contribution in [0.1, 0.15) is 53.4 Å². The fourth-order valence-corrected chi connectivity index (χ4v) is 0.908. The van der Waals surface area contributed by atoms with Crippen molar-refractivity contribution in [1.82, 2.24) is 0 Å². The zero-order valence-electron chi connectivity index (χ0n) is 13.4. The van der Waals surface area contributed by atoms with E-state index in [-0.39, 0.29) is 36.6 Å². The molecule has 0 aliphatic heterocycles. The van der Waals surface area contributed by atoms with Gasteiger partial charge in [0.25, 0.3) is 0 Å². The molecule has 0 aromatic rings. The fourth-order valence-electron chi connectivity index (χ4n) is 0.908. The average molecular weight is 322 g/mol. The largest absolute Gasteiger partial charge is 0.481 e. The molecule has 0 aliphatic rings. The summed E-state index contributed by atoms with van der Waals surface area (Å²) >= 11 is 0. The zero-order valence-corrected chi connectivity index (χ0v) is 13.4. The average Bonchev–Trinajstić information content (AvgIpc) is 2.23. The van der Waals surface area contributed by atoms with Crippen LogP contribution in [0, 0.1) is 0 Å². The molecular weight excluding hydrogens is 296 g/mol. The maximum Gasteiger partial charge on any atom is 0.310 e. The highest BCUT2D eigenvalue weighted by molar-refractivity contribution is 5.93. The topological polar surface area (TPSA) is 149 Å². The summed E-state index contributed by atoms with van der Waals surface area (Å²) in [6.45, 7) is 5.94. The summed E-state index contributed by atoms with van der Waals surface area (Å²) in [5, 5.41) is 33.1. The monoisotopic (exact) mass is 322 g/mol. The second kappa shape index (κ2) is 15.6. The summed E-state index contributed by atoms with van der Waals surface area (Å²) in [5.41, 5.74) is 0. The van der Waals surface area contributed by atoms with Crippen LogP contribution in [0.25, 0.3) is 0 Å². The Morgan fingerprint density at radius 3 is 1.00 bits per heavy atom. The Hall–Kier alpha value is -1.80. The maximum absolute atomic E-state index is 9.87. The van der Waals surface area contributed by atoms with Crippen LogP contribution in [0.15, 0.2) is 0 Å². The Balaban J connectivity index is -0.000000247. The van der Waals surface area contributed by atoms with Gasteiger partial charge in [-0.1, -0.05) is 0 Å². The lowest BCUT2D eigenvalue weighted by molar-refractivity contribution is -0.141. The van der Waals surface area contributed by atoms with Crippen molar-refractivity contribution in [3.8, 4) is 0 Å². The number of aliphatic hydroxyl groups excluding tert-OH is 2. The minimum atomic E-state index is -1.06. The summed E-state index contributed by atoms with van der Waals surface area (Å²) in [6, 6.07) is 0. The highest BCUT2D eigenvalue weighted by atomic mass is 16.4. The summed E-state index contributed by atoms with van der Waals surface area (Å²) in [5.74, 6) is -2.75. The van der Waals surface area contributed by atoms with Gasteiger partial charge in [0.15, 0.2) is 0 Å². The van der Waals surface area contributed by atoms with Gasteiger partial charge in [0.05, 0.1) is 12.2 Å². The minimum absolute atomic E-state index is 0.274. The van der Waals surface area contributed by atoms with Crippen LogP contribution < -0.4 is 0 Å². The number of aliphatic carboxylic acids is 2. The molecule has 0 bridgehead atoms. The van der Waals surface area contributed by atoms with Gasteiger partial charge in [0.2, 0.25) is 0 Å². The lowest BCUT2D eigenvalue weighted by Gasteiger charge is -2.04. The predicted molar refractivity (Wildman–Crippen MR) is 78.5 cm³/mol. The summed E-state index contributed by atoms with van der Waals surface area (Å²) < 4.78 is 0. The number of hydrogen-bond acceptors (Lipinski definition) is 6. The Morgan fingerprint density at radius 2 is 0.955 bits per heavy atom. The number of Topliss-reactive ketones (excluding diaryl/α,β-unsaturated/α-hetero) is 2. The van der Waals surface area contributed by atoms with Gasteiger partial charge in [-0.15, -0.1) is 0 Å². The maximum atomic E-state index is 9.87. The molecule has 8 nitrogen and oxygen atoms in total. The van der Waals surface area contributed by atoms with Crippen LogP contribution in [0.3, 0.4) is 0 Å². The number of carboxylic acids is 2. The van der Waals surface area contributed by atoms with Crippen LogP contribution in [0.4, 0.5) is 0 Å². The fraction of sp³-hybridized carbons (Fsp3) is 0.714. The first-order valence-electron chi connectivity index (χ1n) is 6.67. The quantitative estimate of drug-likeness (QED) is 0.498. The highest BCUT2D eigenvalue weighted by Gasteiger charge is 1.99. The van der Waals surface area contributed by atoms with Gasteiger partial charge >= 0.3 is 11.9 Å². The summed E-state index contributed by atoms with van der Waals surface area (Å²) in [6.07, 6.45) is 0.115. The molecule has 0 radical (unpaired) electrons. The summed E-state index contributed by atoms with van der Waals surface area (Å²) in [7, 11) is 0. The molecule has 22 heavy (non-hydrogen) atoms. The standard InChI is InChI=1S/C6H14O2.2C4H6O3/c1-5(7)3-4-6(2)8;2*1-3(5)2-4(6)7/h5-8H,3-4H2,1-2H3;2*2H2,1H3,(H,6,7). The molecule has 4 N–H and O–H groups in total. The number of hydrogen-bond donors (Lipinski definition) is 4. The van der Waals surface area contributed by atoms with Crippen LogP contribution in [-0.2, 0) is 19.2 Å². The van der Waals surface area contributed by atoms with Crippen molar-refractivity contribution < 1.29 is 39.6 Å². The Kier molecular flexibility index (Phi) is 17.8. The third-order valence-electron chi connectivity index (χ3n) is 1.80. The summed E-state index contributed by atoms with van der Waals surface area (Å²) in [4.78, 5) is 38.9. The van der Waals surface area contributed by atoms with Crippen LogP contribution >= 0.6 is 0 Å². The lowest BCUT2D eigenvalue weighted by Crippen LogP contribution is -2.06. The Bertz CT molecular complexity index is 289. The molecule has 130 valence electrons. The van der Waals surface area contributed by atoms with Crippen molar-refractivity contribution in [2.24, 2.45) is 0 Å². The molecule has 0 aliphatic carbocycles. The molecule has 0 saturated heterocycles. The number of carboxylic acid groups (broad SMARTS) is 2. The highest BCUT2D eigenvalue weighted by Crippen LogP contribution is 1.98. The molecule has 0 aromatic heterocycles. The first-order chi connectivity index (χ1) is 9.88. The molecule has 0 aromatic carbocycles. The molecule has 2 unspecified atom stereocenters. The number of carbonyl (C=O) groups excluding carboxylic acids is 2. The van der Waals surface area contributed by atoms with Crippen molar-refractivity contribution in [1.29, 1.82) is 0 Å². The molecule has 0 amide bonds. The molecule has 8 heteroatoms. The van der Waals surface area contributed by atoms with Gasteiger partial charge in [0.1, 0.15) is 24.4 Å². The third-order valence-corrected chi connectivity index (χ3v) is 1.80. The predicted octanol–water partition coefficient (Wildman–Crippen LogP) is 0.628. The van der Waals surface area contributed by atoms with E-state index in [1.807, 2.05) is 0 Å². The first kappa shape index (κ1) is 25.2. The molecule has 0 saturated carbocycles. The van der Waals surface area contributed by atoms with E-state index in [9.17, 15) is 19.2 Å². The van der Waals surface area contributed by atoms with Gasteiger partial charge in [-0.05, 0) is 40.5 Å². The normalized spacial score (nSPS) is 11.7. The van der Waals surface area contributed by atoms with Crippen molar-refractivity contribution >= 4 is 23.5 Å². The van der Waals surface area contributed by atoms with Gasteiger partial charge in [-0.2, -0.15) is 0 Å². The van der Waals surface area contributed by atoms with Crippen LogP contribution in [0.2, 0.25) is 0 Å². The van der Waals surface area contributed by atoms with Crippen molar-refractivity contribution in [2.75, 3.05) is 0 Å².